The predicted molar refractivity (Wildman–Crippen MR) is 62.4 cm³/mol. The molecular weight excluding hydrogens is 204 g/mol. The maximum absolute atomic E-state index is 12.0. The molecule has 1 atom stereocenters. The summed E-state index contributed by atoms with van der Waals surface area (Å²) in [5, 5.41) is 3.08. The Bertz CT molecular complexity index is 274. The largest absolute Gasteiger partial charge is 0.369 e. The van der Waals surface area contributed by atoms with Gasteiger partial charge in [-0.25, -0.2) is 4.79 Å². The fraction of sp³-hybridized carbons (Fsp3) is 0.917. The van der Waals surface area contributed by atoms with Crippen molar-refractivity contribution in [3.8, 4) is 0 Å². The summed E-state index contributed by atoms with van der Waals surface area (Å²) in [6.07, 6.45) is 3.64. The highest BCUT2D eigenvalue weighted by Gasteiger charge is 2.34. The number of morpholine rings is 1. The summed E-state index contributed by atoms with van der Waals surface area (Å²) in [5.74, 6) is 0. The van der Waals surface area contributed by atoms with Crippen LogP contribution in [-0.2, 0) is 4.74 Å². The minimum absolute atomic E-state index is 0.0768. The smallest absolute Gasteiger partial charge is 0.317 e. The van der Waals surface area contributed by atoms with Gasteiger partial charge in [-0.3, -0.25) is 0 Å². The van der Waals surface area contributed by atoms with Crippen molar-refractivity contribution in [2.75, 3.05) is 13.1 Å². The molecule has 2 rings (SSSR count). The predicted octanol–water partition coefficient (Wildman–Crippen LogP) is 1.75. The molecule has 0 aromatic rings. The minimum atomic E-state index is -0.228. The van der Waals surface area contributed by atoms with Crippen LogP contribution in [0.5, 0.6) is 0 Å². The quantitative estimate of drug-likeness (QED) is 0.740. The number of carbonyl (C=O) groups is 1. The fourth-order valence-electron chi connectivity index (χ4n) is 2.43. The lowest BCUT2D eigenvalue weighted by Gasteiger charge is -2.42. The Balaban J connectivity index is 1.89. The van der Waals surface area contributed by atoms with Gasteiger partial charge < -0.3 is 15.0 Å². The van der Waals surface area contributed by atoms with Gasteiger partial charge in [-0.2, -0.15) is 0 Å². The van der Waals surface area contributed by atoms with Crippen LogP contribution in [0.25, 0.3) is 0 Å². The van der Waals surface area contributed by atoms with Crippen LogP contribution in [0.15, 0.2) is 0 Å². The molecule has 0 bridgehead atoms. The van der Waals surface area contributed by atoms with E-state index < -0.39 is 0 Å². The molecule has 2 amide bonds. The molecule has 1 aliphatic carbocycles. The molecule has 0 aromatic heterocycles. The second-order valence-electron chi connectivity index (χ2n) is 5.65. The van der Waals surface area contributed by atoms with Crippen molar-refractivity contribution in [3.05, 3.63) is 0 Å². The fourth-order valence-corrected chi connectivity index (χ4v) is 2.43. The van der Waals surface area contributed by atoms with Gasteiger partial charge in [0, 0.05) is 12.6 Å². The number of hydrogen-bond acceptors (Lipinski definition) is 2. The molecule has 4 nitrogen and oxygen atoms in total. The average molecular weight is 226 g/mol. The molecule has 1 heterocycles. The number of hydrogen-bond donors (Lipinski definition) is 1. The topological polar surface area (TPSA) is 41.6 Å². The first-order valence-corrected chi connectivity index (χ1v) is 6.19. The van der Waals surface area contributed by atoms with Crippen LogP contribution in [-0.4, -0.2) is 41.8 Å². The summed E-state index contributed by atoms with van der Waals surface area (Å²) in [7, 11) is 0. The molecule has 16 heavy (non-hydrogen) atoms. The highest BCUT2D eigenvalue weighted by molar-refractivity contribution is 5.74. The summed E-state index contributed by atoms with van der Waals surface area (Å²) >= 11 is 0. The average Bonchev–Trinajstić information content (AvgIpc) is 2.07. The Morgan fingerprint density at radius 1 is 1.44 bits per heavy atom. The molecule has 0 spiro atoms. The lowest BCUT2D eigenvalue weighted by atomic mass is 9.93. The SMILES string of the molecule is CC1CN(C(=O)NC2CCC2)CC(C)(C)O1. The zero-order valence-electron chi connectivity index (χ0n) is 10.5. The third kappa shape index (κ3) is 2.67. The molecule has 1 saturated carbocycles. The van der Waals surface area contributed by atoms with E-state index in [0.717, 1.165) is 12.8 Å². The van der Waals surface area contributed by atoms with E-state index in [0.29, 0.717) is 19.1 Å². The van der Waals surface area contributed by atoms with Crippen molar-refractivity contribution in [3.63, 3.8) is 0 Å². The number of carbonyl (C=O) groups excluding carboxylic acids is 1. The molecule has 4 heteroatoms. The highest BCUT2D eigenvalue weighted by atomic mass is 16.5. The van der Waals surface area contributed by atoms with Crippen LogP contribution < -0.4 is 5.32 Å². The van der Waals surface area contributed by atoms with Gasteiger partial charge in [0.25, 0.3) is 0 Å². The Hall–Kier alpha value is -0.770. The summed E-state index contributed by atoms with van der Waals surface area (Å²) in [6.45, 7) is 7.46. The van der Waals surface area contributed by atoms with Crippen LogP contribution in [0.1, 0.15) is 40.0 Å². The Morgan fingerprint density at radius 3 is 2.62 bits per heavy atom. The second kappa shape index (κ2) is 4.24. The van der Waals surface area contributed by atoms with Crippen LogP contribution in [0, 0.1) is 0 Å². The number of ether oxygens (including phenoxy) is 1. The van der Waals surface area contributed by atoms with E-state index in [-0.39, 0.29) is 17.7 Å². The van der Waals surface area contributed by atoms with E-state index in [9.17, 15) is 4.79 Å². The molecule has 1 unspecified atom stereocenters. The molecule has 2 aliphatic rings. The van der Waals surface area contributed by atoms with Gasteiger partial charge >= 0.3 is 6.03 Å². The molecule has 1 N–H and O–H groups in total. The molecule has 92 valence electrons. The van der Waals surface area contributed by atoms with Gasteiger partial charge in [0.05, 0.1) is 18.2 Å². The third-order valence-electron chi connectivity index (χ3n) is 3.29. The van der Waals surface area contributed by atoms with Crippen molar-refractivity contribution in [1.82, 2.24) is 10.2 Å². The van der Waals surface area contributed by atoms with Crippen molar-refractivity contribution < 1.29 is 9.53 Å². The van der Waals surface area contributed by atoms with Gasteiger partial charge in [-0.05, 0) is 40.0 Å². The number of rotatable bonds is 1. The van der Waals surface area contributed by atoms with E-state index in [4.69, 9.17) is 4.74 Å². The minimum Gasteiger partial charge on any atom is -0.369 e. The Labute approximate surface area is 97.3 Å². The molecule has 1 saturated heterocycles. The summed E-state index contributed by atoms with van der Waals surface area (Å²) in [6, 6.07) is 0.488. The Kier molecular flexibility index (Phi) is 3.10. The van der Waals surface area contributed by atoms with Crippen molar-refractivity contribution in [2.45, 2.75) is 57.8 Å². The maximum atomic E-state index is 12.0. The first-order chi connectivity index (χ1) is 7.46. The molecule has 0 aromatic carbocycles. The van der Waals surface area contributed by atoms with Crippen LogP contribution in [0.2, 0.25) is 0 Å². The van der Waals surface area contributed by atoms with Gasteiger partial charge in [0.1, 0.15) is 0 Å². The number of nitrogens with one attached hydrogen (secondary N) is 1. The molecule has 2 fully saturated rings. The molecule has 1 aliphatic heterocycles. The van der Waals surface area contributed by atoms with Gasteiger partial charge in [0.15, 0.2) is 0 Å². The third-order valence-corrected chi connectivity index (χ3v) is 3.29. The number of nitrogens with zero attached hydrogens (tertiary/aromatic N) is 1. The zero-order valence-corrected chi connectivity index (χ0v) is 10.5. The van der Waals surface area contributed by atoms with E-state index in [1.807, 2.05) is 25.7 Å². The van der Waals surface area contributed by atoms with E-state index in [1.165, 1.54) is 6.42 Å². The Morgan fingerprint density at radius 2 is 2.12 bits per heavy atom. The van der Waals surface area contributed by atoms with E-state index >= 15 is 0 Å². The maximum Gasteiger partial charge on any atom is 0.317 e. The van der Waals surface area contributed by atoms with Gasteiger partial charge in [0.2, 0.25) is 0 Å². The van der Waals surface area contributed by atoms with Crippen molar-refractivity contribution in [2.24, 2.45) is 0 Å². The van der Waals surface area contributed by atoms with Crippen molar-refractivity contribution in [1.29, 1.82) is 0 Å². The molecule has 0 radical (unpaired) electrons. The van der Waals surface area contributed by atoms with E-state index in [1.54, 1.807) is 0 Å². The number of urea groups is 1. The second-order valence-corrected chi connectivity index (χ2v) is 5.65. The van der Waals surface area contributed by atoms with Gasteiger partial charge in [-0.1, -0.05) is 0 Å². The lowest BCUT2D eigenvalue weighted by Crippen LogP contribution is -2.57. The summed E-state index contributed by atoms with van der Waals surface area (Å²) < 4.78 is 5.78. The monoisotopic (exact) mass is 226 g/mol. The van der Waals surface area contributed by atoms with Crippen molar-refractivity contribution >= 4 is 6.03 Å². The zero-order chi connectivity index (χ0) is 11.8. The highest BCUT2D eigenvalue weighted by Crippen LogP contribution is 2.22. The normalized spacial score (nSPS) is 29.7. The van der Waals surface area contributed by atoms with Crippen LogP contribution in [0.4, 0.5) is 4.79 Å². The summed E-state index contributed by atoms with van der Waals surface area (Å²) in [5.41, 5.74) is -0.228. The number of amides is 2. The first-order valence-electron chi connectivity index (χ1n) is 6.19. The standard InChI is InChI=1S/C12H22N2O2/c1-9-7-14(8-12(2,3)16-9)11(15)13-10-5-4-6-10/h9-10H,4-8H2,1-3H3,(H,13,15). The van der Waals surface area contributed by atoms with Crippen LogP contribution >= 0.6 is 0 Å². The van der Waals surface area contributed by atoms with Gasteiger partial charge in [-0.15, -0.1) is 0 Å². The first kappa shape index (κ1) is 11.7. The molecular formula is C12H22N2O2. The van der Waals surface area contributed by atoms with Crippen LogP contribution in [0.3, 0.4) is 0 Å². The lowest BCUT2D eigenvalue weighted by molar-refractivity contribution is -0.117. The summed E-state index contributed by atoms with van der Waals surface area (Å²) in [4.78, 5) is 13.9. The van der Waals surface area contributed by atoms with E-state index in [2.05, 4.69) is 5.32 Å².